The van der Waals surface area contributed by atoms with Crippen molar-refractivity contribution in [2.75, 3.05) is 0 Å². The molecule has 3 rings (SSSR count). The van der Waals surface area contributed by atoms with E-state index >= 15 is 0 Å². The fourth-order valence-electron chi connectivity index (χ4n) is 2.05. The predicted molar refractivity (Wildman–Crippen MR) is 75.7 cm³/mol. The van der Waals surface area contributed by atoms with Crippen molar-refractivity contribution < 1.29 is 9.90 Å². The highest BCUT2D eigenvalue weighted by molar-refractivity contribution is 5.91. The zero-order valence-corrected chi connectivity index (χ0v) is 10.9. The van der Waals surface area contributed by atoms with Crippen LogP contribution in [0.2, 0.25) is 0 Å². The first-order valence-corrected chi connectivity index (χ1v) is 6.35. The Morgan fingerprint density at radius 3 is 2.70 bits per heavy atom. The van der Waals surface area contributed by atoms with Gasteiger partial charge < -0.3 is 10.1 Å². The zero-order chi connectivity index (χ0) is 14.1. The summed E-state index contributed by atoms with van der Waals surface area (Å²) in [4.78, 5) is 22.5. The molecule has 0 spiro atoms. The van der Waals surface area contributed by atoms with Gasteiger partial charge in [-0.15, -0.1) is 0 Å². The molecule has 1 aromatic carbocycles. The second-order valence-corrected chi connectivity index (χ2v) is 4.54. The van der Waals surface area contributed by atoms with E-state index in [1.165, 1.54) is 11.8 Å². The molecule has 2 N–H and O–H groups in total. The van der Waals surface area contributed by atoms with E-state index in [4.69, 9.17) is 5.11 Å². The molecule has 0 bridgehead atoms. The Hall–Kier alpha value is -2.69. The summed E-state index contributed by atoms with van der Waals surface area (Å²) >= 11 is 0. The molecule has 0 amide bonds. The zero-order valence-electron chi connectivity index (χ0n) is 10.9. The first kappa shape index (κ1) is 12.3. The van der Waals surface area contributed by atoms with E-state index in [9.17, 15) is 4.79 Å². The molecule has 0 saturated heterocycles. The van der Waals surface area contributed by atoms with E-state index < -0.39 is 5.97 Å². The van der Waals surface area contributed by atoms with Crippen molar-refractivity contribution in [1.29, 1.82) is 0 Å². The maximum atomic E-state index is 10.9. The van der Waals surface area contributed by atoms with Gasteiger partial charge in [0.25, 0.3) is 0 Å². The predicted octanol–water partition coefficient (Wildman–Crippen LogP) is 2.89. The molecule has 0 aliphatic carbocycles. The second-order valence-electron chi connectivity index (χ2n) is 4.54. The Labute approximate surface area is 115 Å². The highest BCUT2D eigenvalue weighted by Gasteiger charge is 2.09. The van der Waals surface area contributed by atoms with Gasteiger partial charge in [-0.3, -0.25) is 0 Å². The third-order valence-corrected chi connectivity index (χ3v) is 3.22. The monoisotopic (exact) mass is 267 g/mol. The van der Waals surface area contributed by atoms with E-state index in [-0.39, 0.29) is 5.56 Å². The summed E-state index contributed by atoms with van der Waals surface area (Å²) in [6.07, 6.45) is 2.30. The number of aromatic nitrogens is 3. The van der Waals surface area contributed by atoms with Gasteiger partial charge in [0.05, 0.1) is 11.1 Å². The summed E-state index contributed by atoms with van der Waals surface area (Å²) in [5.74, 6) is -0.305. The van der Waals surface area contributed by atoms with E-state index in [0.717, 1.165) is 12.0 Å². The highest BCUT2D eigenvalue weighted by Crippen LogP contribution is 2.20. The quantitative estimate of drug-likeness (QED) is 0.764. The molecule has 0 unspecified atom stereocenters. The van der Waals surface area contributed by atoms with Crippen molar-refractivity contribution in [3.63, 3.8) is 0 Å². The summed E-state index contributed by atoms with van der Waals surface area (Å²) in [6.45, 7) is 2.10. The number of hydrogen-bond acceptors (Lipinski definition) is 3. The fraction of sp³-hybridized carbons (Fsp3) is 0.133. The number of carboxylic acid groups (broad SMARTS) is 1. The maximum Gasteiger partial charge on any atom is 0.337 e. The fourth-order valence-corrected chi connectivity index (χ4v) is 2.05. The lowest BCUT2D eigenvalue weighted by atomic mass is 10.1. The smallest absolute Gasteiger partial charge is 0.337 e. The molecule has 2 heterocycles. The third-order valence-electron chi connectivity index (χ3n) is 3.22. The number of carboxylic acids is 1. The Kier molecular flexibility index (Phi) is 2.95. The Morgan fingerprint density at radius 2 is 2.05 bits per heavy atom. The average Bonchev–Trinajstić information content (AvgIpc) is 2.90. The minimum absolute atomic E-state index is 0.147. The lowest BCUT2D eigenvalue weighted by molar-refractivity contribution is 0.0696. The van der Waals surface area contributed by atoms with Gasteiger partial charge in [-0.2, -0.15) is 0 Å². The number of pyridine rings is 1. The van der Waals surface area contributed by atoms with Crippen LogP contribution in [0.25, 0.3) is 22.6 Å². The summed E-state index contributed by atoms with van der Waals surface area (Å²) < 4.78 is 0. The largest absolute Gasteiger partial charge is 0.478 e. The number of fused-ring (bicyclic) bond motifs is 1. The molecular weight excluding hydrogens is 254 g/mol. The van der Waals surface area contributed by atoms with Crippen LogP contribution in [0.3, 0.4) is 0 Å². The van der Waals surface area contributed by atoms with Crippen molar-refractivity contribution in [1.82, 2.24) is 15.0 Å². The normalized spacial score (nSPS) is 10.8. The number of H-pyrrole nitrogens is 1. The lowest BCUT2D eigenvalue weighted by Gasteiger charge is -1.98. The van der Waals surface area contributed by atoms with Crippen LogP contribution in [0.15, 0.2) is 36.5 Å². The molecule has 5 nitrogen and oxygen atoms in total. The first-order valence-electron chi connectivity index (χ1n) is 6.35. The van der Waals surface area contributed by atoms with Crippen LogP contribution in [0, 0.1) is 0 Å². The number of hydrogen-bond donors (Lipinski definition) is 2. The lowest BCUT2D eigenvalue weighted by Crippen LogP contribution is -1.96. The topological polar surface area (TPSA) is 78.9 Å². The molecule has 0 saturated carbocycles. The van der Waals surface area contributed by atoms with Crippen molar-refractivity contribution in [2.24, 2.45) is 0 Å². The van der Waals surface area contributed by atoms with Gasteiger partial charge in [-0.25, -0.2) is 14.8 Å². The van der Waals surface area contributed by atoms with Crippen molar-refractivity contribution in [2.45, 2.75) is 13.3 Å². The number of rotatable bonds is 3. The minimum atomic E-state index is -0.997. The van der Waals surface area contributed by atoms with Crippen LogP contribution in [-0.2, 0) is 6.42 Å². The summed E-state index contributed by atoms with van der Waals surface area (Å²) in [6, 6.07) is 9.64. The molecule has 3 aromatic rings. The first-order chi connectivity index (χ1) is 9.67. The van der Waals surface area contributed by atoms with Gasteiger partial charge in [0, 0.05) is 11.8 Å². The van der Waals surface area contributed by atoms with Crippen LogP contribution in [0.4, 0.5) is 0 Å². The molecule has 0 atom stereocenters. The SMILES string of the molecule is CCc1ccc(-c2nc3ncc(C(=O)O)cc3[nH]2)cc1. The van der Waals surface area contributed by atoms with Gasteiger partial charge in [-0.05, 0) is 18.1 Å². The van der Waals surface area contributed by atoms with Crippen LogP contribution >= 0.6 is 0 Å². The van der Waals surface area contributed by atoms with Crippen LogP contribution in [0.1, 0.15) is 22.8 Å². The standard InChI is InChI=1S/C15H13N3O2/c1-2-9-3-5-10(6-4-9)13-17-12-7-11(15(19)20)8-16-14(12)18-13/h3-8H,2H2,1H3,(H,19,20)(H,16,17,18). The Bertz CT molecular complexity index is 775. The van der Waals surface area contributed by atoms with Crippen molar-refractivity contribution >= 4 is 17.1 Å². The number of carbonyl (C=O) groups is 1. The van der Waals surface area contributed by atoms with Gasteiger partial charge in [-0.1, -0.05) is 31.2 Å². The molecule has 20 heavy (non-hydrogen) atoms. The maximum absolute atomic E-state index is 10.9. The number of benzene rings is 1. The summed E-state index contributed by atoms with van der Waals surface area (Å²) in [5.41, 5.74) is 3.51. The van der Waals surface area contributed by atoms with Crippen LogP contribution < -0.4 is 0 Å². The molecule has 2 aromatic heterocycles. The number of imidazole rings is 1. The van der Waals surface area contributed by atoms with Gasteiger partial charge >= 0.3 is 5.97 Å². The summed E-state index contributed by atoms with van der Waals surface area (Å²) in [7, 11) is 0. The van der Waals surface area contributed by atoms with Gasteiger partial charge in [0.15, 0.2) is 5.65 Å². The highest BCUT2D eigenvalue weighted by atomic mass is 16.4. The molecule has 0 radical (unpaired) electrons. The number of aromatic carboxylic acids is 1. The van der Waals surface area contributed by atoms with Crippen molar-refractivity contribution in [3.05, 3.63) is 47.7 Å². The van der Waals surface area contributed by atoms with Crippen molar-refractivity contribution in [3.8, 4) is 11.4 Å². The molecule has 5 heteroatoms. The van der Waals surface area contributed by atoms with Gasteiger partial charge in [0.2, 0.25) is 0 Å². The molecule has 0 fully saturated rings. The van der Waals surface area contributed by atoms with E-state index in [2.05, 4.69) is 34.0 Å². The summed E-state index contributed by atoms with van der Waals surface area (Å²) in [5, 5.41) is 8.95. The Morgan fingerprint density at radius 1 is 1.30 bits per heavy atom. The number of nitrogens with one attached hydrogen (secondary N) is 1. The molecular formula is C15H13N3O2. The van der Waals surface area contributed by atoms with Crippen LogP contribution in [-0.4, -0.2) is 26.0 Å². The third kappa shape index (κ3) is 2.14. The second kappa shape index (κ2) is 4.77. The molecule has 100 valence electrons. The number of aromatic amines is 1. The van der Waals surface area contributed by atoms with E-state index in [0.29, 0.717) is 17.0 Å². The molecule has 0 aliphatic heterocycles. The Balaban J connectivity index is 2.05. The average molecular weight is 267 g/mol. The molecule has 0 aliphatic rings. The number of aryl methyl sites for hydroxylation is 1. The van der Waals surface area contributed by atoms with Gasteiger partial charge in [0.1, 0.15) is 5.82 Å². The number of nitrogens with zero attached hydrogens (tertiary/aromatic N) is 2. The minimum Gasteiger partial charge on any atom is -0.478 e. The van der Waals surface area contributed by atoms with E-state index in [1.807, 2.05) is 12.1 Å². The van der Waals surface area contributed by atoms with E-state index in [1.54, 1.807) is 6.07 Å². The van der Waals surface area contributed by atoms with Crippen LogP contribution in [0.5, 0.6) is 0 Å².